The Morgan fingerprint density at radius 2 is 1.57 bits per heavy atom. The van der Waals surface area contributed by atoms with E-state index < -0.39 is 23.6 Å². The van der Waals surface area contributed by atoms with Crippen LogP contribution < -0.4 is 21.3 Å². The van der Waals surface area contributed by atoms with E-state index in [-0.39, 0.29) is 54.8 Å². The lowest BCUT2D eigenvalue weighted by molar-refractivity contribution is -0.144. The summed E-state index contributed by atoms with van der Waals surface area (Å²) in [4.78, 5) is 64.8. The first kappa shape index (κ1) is 46.9. The minimum Gasteiger partial charge on any atom is -0.507 e. The van der Waals surface area contributed by atoms with Gasteiger partial charge in [-0.3, -0.25) is 19.2 Å². The van der Waals surface area contributed by atoms with E-state index in [1.807, 2.05) is 81.4 Å². The molecular formula is C47H63N9O6S. The van der Waals surface area contributed by atoms with E-state index in [4.69, 9.17) is 5.73 Å². The first-order valence-electron chi connectivity index (χ1n) is 22.1. The summed E-state index contributed by atoms with van der Waals surface area (Å²) >= 11 is 1.58. The zero-order valence-electron chi connectivity index (χ0n) is 37.2. The number of thiazole rings is 1. The number of carbonyl (C=O) groups is 4. The van der Waals surface area contributed by atoms with Crippen LogP contribution in [-0.4, -0.2) is 110 Å². The number of nitrogens with one attached hydrogen (secondary N) is 2. The van der Waals surface area contributed by atoms with E-state index in [0.29, 0.717) is 56.1 Å². The summed E-state index contributed by atoms with van der Waals surface area (Å²) < 4.78 is 0. The second-order valence-corrected chi connectivity index (χ2v) is 18.7. The second-order valence-electron chi connectivity index (χ2n) is 17.9. The molecule has 15 nitrogen and oxygen atoms in total. The van der Waals surface area contributed by atoms with Crippen molar-refractivity contribution in [1.82, 2.24) is 35.6 Å². The van der Waals surface area contributed by atoms with Crippen molar-refractivity contribution in [2.45, 2.75) is 117 Å². The number of aliphatic hydroxyl groups is 1. The summed E-state index contributed by atoms with van der Waals surface area (Å²) in [6.45, 7) is 11.9. The molecule has 338 valence electrons. The quantitative estimate of drug-likeness (QED) is 0.0778. The molecule has 2 fully saturated rings. The number of rotatable bonds is 17. The number of aromatic hydroxyl groups is 1. The van der Waals surface area contributed by atoms with Crippen LogP contribution in [0.1, 0.15) is 103 Å². The summed E-state index contributed by atoms with van der Waals surface area (Å²) in [6.07, 6.45) is 5.15. The van der Waals surface area contributed by atoms with Crippen LogP contribution in [0.2, 0.25) is 0 Å². The Morgan fingerprint density at radius 3 is 2.22 bits per heavy atom. The summed E-state index contributed by atoms with van der Waals surface area (Å²) in [5.74, 6) is -0.383. The lowest BCUT2D eigenvalue weighted by Gasteiger charge is -2.36. The van der Waals surface area contributed by atoms with Gasteiger partial charge in [-0.05, 0) is 61.4 Å². The van der Waals surface area contributed by atoms with Crippen molar-refractivity contribution in [3.8, 4) is 27.4 Å². The van der Waals surface area contributed by atoms with Crippen LogP contribution in [0.15, 0.2) is 60.1 Å². The zero-order valence-corrected chi connectivity index (χ0v) is 38.0. The number of benzene rings is 2. The first-order chi connectivity index (χ1) is 30.1. The molecule has 0 radical (unpaired) electrons. The monoisotopic (exact) mass is 881 g/mol. The van der Waals surface area contributed by atoms with Crippen LogP contribution in [0.25, 0.3) is 21.7 Å². The van der Waals surface area contributed by atoms with Crippen LogP contribution >= 0.6 is 11.3 Å². The van der Waals surface area contributed by atoms with Gasteiger partial charge in [0.05, 0.1) is 39.6 Å². The lowest BCUT2D eigenvalue weighted by Crippen LogP contribution is -2.57. The lowest BCUT2D eigenvalue weighted by atomic mass is 9.85. The van der Waals surface area contributed by atoms with Crippen LogP contribution in [0.3, 0.4) is 0 Å². The number of nitrogens with two attached hydrogens (primary N) is 1. The van der Waals surface area contributed by atoms with Crippen molar-refractivity contribution in [2.24, 2.45) is 5.41 Å². The molecule has 6 rings (SSSR count). The first-order valence-corrected chi connectivity index (χ1v) is 23.0. The largest absolute Gasteiger partial charge is 0.507 e. The molecule has 63 heavy (non-hydrogen) atoms. The molecule has 0 aliphatic carbocycles. The number of nitrogen functional groups attached to an aromatic ring is 1. The third-order valence-electron chi connectivity index (χ3n) is 12.1. The molecule has 2 aliphatic rings. The van der Waals surface area contributed by atoms with Crippen molar-refractivity contribution in [3.63, 3.8) is 0 Å². The maximum atomic E-state index is 14.1. The number of para-hydroxylation sites is 1. The molecule has 2 aliphatic heterocycles. The number of nitrogens with zero attached hydrogens (tertiary/aromatic N) is 6. The zero-order chi connectivity index (χ0) is 45.3. The van der Waals surface area contributed by atoms with E-state index in [1.165, 1.54) is 4.90 Å². The molecule has 0 saturated carbocycles. The average molecular weight is 882 g/mol. The molecule has 2 aromatic heterocycles. The number of β-amino-alcohol motifs (C(OH)–C–C–N with tert-alkyl or cyclic N) is 1. The molecular weight excluding hydrogens is 819 g/mol. The summed E-state index contributed by atoms with van der Waals surface area (Å²) in [7, 11) is 0. The smallest absolute Gasteiger partial charge is 0.246 e. The van der Waals surface area contributed by atoms with E-state index in [1.54, 1.807) is 29.5 Å². The second kappa shape index (κ2) is 21.2. The molecule has 16 heteroatoms. The summed E-state index contributed by atoms with van der Waals surface area (Å²) in [5, 5.41) is 35.2. The molecule has 4 heterocycles. The van der Waals surface area contributed by atoms with Gasteiger partial charge in [0.25, 0.3) is 0 Å². The molecule has 6 N–H and O–H groups in total. The van der Waals surface area contributed by atoms with Gasteiger partial charge in [-0.25, -0.2) is 4.98 Å². The van der Waals surface area contributed by atoms with Crippen LogP contribution in [0, 0.1) is 12.3 Å². The van der Waals surface area contributed by atoms with Gasteiger partial charge < -0.3 is 41.3 Å². The Kier molecular flexibility index (Phi) is 15.8. The highest BCUT2D eigenvalue weighted by molar-refractivity contribution is 7.13. The van der Waals surface area contributed by atoms with Crippen molar-refractivity contribution in [1.29, 1.82) is 0 Å². The number of phenols is 1. The third kappa shape index (κ3) is 12.1. The third-order valence-corrected chi connectivity index (χ3v) is 13.0. The molecule has 0 spiro atoms. The highest BCUT2D eigenvalue weighted by Crippen LogP contribution is 2.33. The topological polar surface area (TPSA) is 207 Å². The van der Waals surface area contributed by atoms with Gasteiger partial charge >= 0.3 is 0 Å². The van der Waals surface area contributed by atoms with E-state index in [2.05, 4.69) is 30.7 Å². The Hall–Kier alpha value is -5.61. The fraction of sp³-hybridized carbons (Fsp3) is 0.511. The molecule has 4 aromatic rings. The maximum absolute atomic E-state index is 14.1. The van der Waals surface area contributed by atoms with Crippen LogP contribution in [0.5, 0.6) is 5.75 Å². The fourth-order valence-corrected chi connectivity index (χ4v) is 9.15. The average Bonchev–Trinajstić information content (AvgIpc) is 3.88. The number of aromatic nitrogens is 3. The van der Waals surface area contributed by atoms with Crippen LogP contribution in [-0.2, 0) is 19.2 Å². The maximum Gasteiger partial charge on any atom is 0.246 e. The normalized spacial score (nSPS) is 17.7. The van der Waals surface area contributed by atoms with Gasteiger partial charge in [0.1, 0.15) is 17.8 Å². The highest BCUT2D eigenvalue weighted by atomic mass is 32.1. The SMILES string of the molecule is Cc1ncsc1-c1ccc([C@H](C)NC(=O)[C@@H]2C[C@@H](O)CN2C(=O)[C@@H](NC(=O)CCCCCCCCC(=O)N2CCN(c3cc(-c4ccccc4O)nnc3N)CC2)C(C)(C)C)cc1. The molecule has 0 bridgehead atoms. The number of piperazine rings is 1. The van der Waals surface area contributed by atoms with Gasteiger partial charge in [0.15, 0.2) is 5.82 Å². The van der Waals surface area contributed by atoms with Gasteiger partial charge in [-0.1, -0.05) is 82.9 Å². The predicted molar refractivity (Wildman–Crippen MR) is 246 cm³/mol. The molecule has 2 saturated heterocycles. The highest BCUT2D eigenvalue weighted by Gasteiger charge is 2.44. The standard InChI is InChI=1S/C47H63N9O6S/c1-30(32-18-20-33(21-19-32)42-31(2)49-29-63-42)50-45(61)38-26-34(57)28-56(38)46(62)43(47(3,4)5)51-40(59)16-10-8-6-7-9-11-17-41(60)55-24-22-54(23-25-55)37-27-36(52-53-44(37)48)35-14-12-13-15-39(35)58/h12-15,18-21,27,29-30,34,38,43,57-58H,6-11,16-17,22-26,28H2,1-5H3,(H2,48,53)(H,50,61)(H,51,59)/t30-,34+,38-,43+/m0/s1. The van der Waals surface area contributed by atoms with Crippen molar-refractivity contribution in [3.05, 3.63) is 71.4 Å². The van der Waals surface area contributed by atoms with Gasteiger partial charge in [-0.2, -0.15) is 0 Å². The number of carbonyl (C=O) groups excluding carboxylic acids is 4. The number of phenolic OH excluding ortho intramolecular Hbond substituents is 1. The minimum absolute atomic E-state index is 0.0162. The van der Waals surface area contributed by atoms with E-state index in [9.17, 15) is 29.4 Å². The number of unbranched alkanes of at least 4 members (excludes halogenated alkanes) is 5. The van der Waals surface area contributed by atoms with Gasteiger partial charge in [-0.15, -0.1) is 21.5 Å². The van der Waals surface area contributed by atoms with E-state index >= 15 is 0 Å². The summed E-state index contributed by atoms with van der Waals surface area (Å²) in [6, 6.07) is 14.7. The Balaban J connectivity index is 0.883. The Labute approximate surface area is 374 Å². The summed E-state index contributed by atoms with van der Waals surface area (Å²) in [5.41, 5.74) is 12.1. The predicted octanol–water partition coefficient (Wildman–Crippen LogP) is 6.00. The number of hydrogen-bond donors (Lipinski definition) is 5. The number of likely N-dealkylation sites (tertiary alicyclic amines) is 1. The van der Waals surface area contributed by atoms with Gasteiger partial charge in [0, 0.05) is 57.5 Å². The number of hydrogen-bond acceptors (Lipinski definition) is 12. The fourth-order valence-electron chi connectivity index (χ4n) is 8.34. The molecule has 4 atom stereocenters. The van der Waals surface area contributed by atoms with Gasteiger partial charge in [0.2, 0.25) is 23.6 Å². The number of aryl methyl sites for hydroxylation is 1. The van der Waals surface area contributed by atoms with Crippen LogP contribution in [0.4, 0.5) is 11.5 Å². The number of anilines is 2. The van der Waals surface area contributed by atoms with E-state index in [0.717, 1.165) is 59.5 Å². The Morgan fingerprint density at radius 1 is 0.905 bits per heavy atom. The molecule has 4 amide bonds. The van der Waals surface area contributed by atoms with Crippen molar-refractivity contribution >= 4 is 46.5 Å². The molecule has 0 unspecified atom stereocenters. The Bertz CT molecular complexity index is 2200. The number of aliphatic hydroxyl groups excluding tert-OH is 1. The van der Waals surface area contributed by atoms with Crippen molar-refractivity contribution in [2.75, 3.05) is 43.4 Å². The molecule has 2 aromatic carbocycles. The number of amides is 4. The minimum atomic E-state index is -0.875. The van der Waals surface area contributed by atoms with Crippen molar-refractivity contribution < 1.29 is 29.4 Å².